The highest BCUT2D eigenvalue weighted by molar-refractivity contribution is 7.99. The summed E-state index contributed by atoms with van der Waals surface area (Å²) in [7, 11) is -3.42. The van der Waals surface area contributed by atoms with Crippen molar-refractivity contribution in [1.29, 1.82) is 0 Å². The molecule has 0 atom stereocenters. The molecule has 1 aromatic heterocycles. The van der Waals surface area contributed by atoms with Gasteiger partial charge in [-0.25, -0.2) is 8.42 Å². The van der Waals surface area contributed by atoms with Crippen molar-refractivity contribution >= 4 is 33.2 Å². The lowest BCUT2D eigenvalue weighted by atomic mass is 10.0. The van der Waals surface area contributed by atoms with Gasteiger partial charge in [0.2, 0.25) is 5.91 Å². The van der Waals surface area contributed by atoms with Crippen molar-refractivity contribution in [2.45, 2.75) is 54.3 Å². The van der Waals surface area contributed by atoms with Crippen LogP contribution in [-0.2, 0) is 14.6 Å². The molecular weight excluding hydrogens is 382 g/mol. The Kier molecular flexibility index (Phi) is 6.49. The molecule has 1 N–H and O–H groups in total. The van der Waals surface area contributed by atoms with Crippen LogP contribution in [-0.4, -0.2) is 35.5 Å². The van der Waals surface area contributed by atoms with Crippen molar-refractivity contribution in [2.24, 2.45) is 0 Å². The number of benzene rings is 1. The number of aromatic nitrogens is 2. The molecule has 6 nitrogen and oxygen atoms in total. The van der Waals surface area contributed by atoms with E-state index < -0.39 is 9.84 Å². The zero-order valence-corrected chi connectivity index (χ0v) is 16.9. The average molecular weight is 406 g/mol. The molecular formula is C19H23N3O3S2. The minimum absolute atomic E-state index is 0.0307. The second-order valence-corrected chi connectivity index (χ2v) is 9.84. The first-order valence-corrected chi connectivity index (χ1v) is 11.6. The van der Waals surface area contributed by atoms with Gasteiger partial charge >= 0.3 is 0 Å². The van der Waals surface area contributed by atoms with E-state index in [1.165, 1.54) is 17.8 Å². The summed E-state index contributed by atoms with van der Waals surface area (Å²) in [5, 5.41) is 11.0. The number of anilines is 1. The van der Waals surface area contributed by atoms with E-state index in [1.807, 2.05) is 31.2 Å². The van der Waals surface area contributed by atoms with Crippen LogP contribution >= 0.6 is 11.8 Å². The molecule has 1 amide bonds. The van der Waals surface area contributed by atoms with E-state index in [0.717, 1.165) is 30.5 Å². The number of carbonyl (C=O) groups excluding carboxylic acids is 1. The van der Waals surface area contributed by atoms with E-state index in [2.05, 4.69) is 15.5 Å². The molecule has 0 bridgehead atoms. The van der Waals surface area contributed by atoms with Gasteiger partial charge in [0.1, 0.15) is 5.03 Å². The van der Waals surface area contributed by atoms with Gasteiger partial charge in [0.05, 0.1) is 11.0 Å². The lowest BCUT2D eigenvalue weighted by molar-refractivity contribution is -0.113. The molecule has 1 heterocycles. The molecule has 1 fully saturated rings. The number of nitrogens with zero attached hydrogens (tertiary/aromatic N) is 2. The molecule has 0 saturated heterocycles. The first-order chi connectivity index (χ1) is 13.0. The van der Waals surface area contributed by atoms with Crippen LogP contribution in [0.1, 0.15) is 37.7 Å². The maximum atomic E-state index is 12.6. The van der Waals surface area contributed by atoms with Gasteiger partial charge in [0, 0.05) is 5.69 Å². The van der Waals surface area contributed by atoms with Gasteiger partial charge < -0.3 is 5.32 Å². The SMILES string of the molecule is Cc1ccccc1NC(=O)CSc1ccc(S(=O)(=O)C2CCCCC2)nn1. The van der Waals surface area contributed by atoms with Crippen molar-refractivity contribution in [3.63, 3.8) is 0 Å². The minimum Gasteiger partial charge on any atom is -0.325 e. The van der Waals surface area contributed by atoms with Gasteiger partial charge in [0.25, 0.3) is 0 Å². The van der Waals surface area contributed by atoms with Crippen LogP contribution in [0, 0.1) is 6.92 Å². The highest BCUT2D eigenvalue weighted by Gasteiger charge is 2.30. The number of amides is 1. The molecule has 27 heavy (non-hydrogen) atoms. The Morgan fingerprint density at radius 3 is 2.52 bits per heavy atom. The monoisotopic (exact) mass is 405 g/mol. The van der Waals surface area contributed by atoms with Gasteiger partial charge in [-0.1, -0.05) is 49.2 Å². The second-order valence-electron chi connectivity index (χ2n) is 6.67. The molecule has 1 aliphatic carbocycles. The molecule has 1 saturated carbocycles. The van der Waals surface area contributed by atoms with Gasteiger partial charge in [-0.2, -0.15) is 0 Å². The number of hydrogen-bond donors (Lipinski definition) is 1. The lowest BCUT2D eigenvalue weighted by Gasteiger charge is -2.20. The number of sulfone groups is 1. The molecule has 0 unspecified atom stereocenters. The predicted octanol–water partition coefficient (Wildman–Crippen LogP) is 3.62. The highest BCUT2D eigenvalue weighted by Crippen LogP contribution is 2.28. The van der Waals surface area contributed by atoms with E-state index in [4.69, 9.17) is 0 Å². The maximum absolute atomic E-state index is 12.6. The molecule has 0 radical (unpaired) electrons. The number of hydrogen-bond acceptors (Lipinski definition) is 6. The Morgan fingerprint density at radius 2 is 1.85 bits per heavy atom. The number of nitrogens with one attached hydrogen (secondary N) is 1. The first-order valence-electron chi connectivity index (χ1n) is 9.03. The zero-order valence-electron chi connectivity index (χ0n) is 15.2. The Labute approximate surface area is 164 Å². The van der Waals surface area contributed by atoms with Gasteiger partial charge in [0.15, 0.2) is 14.9 Å². The molecule has 1 aromatic carbocycles. The van der Waals surface area contributed by atoms with E-state index in [1.54, 1.807) is 6.07 Å². The predicted molar refractivity (Wildman–Crippen MR) is 107 cm³/mol. The highest BCUT2D eigenvalue weighted by atomic mass is 32.2. The summed E-state index contributed by atoms with van der Waals surface area (Å²) in [6.07, 6.45) is 4.37. The second kappa shape index (κ2) is 8.84. The topological polar surface area (TPSA) is 89.0 Å². The third kappa shape index (κ3) is 5.07. The third-order valence-electron chi connectivity index (χ3n) is 4.67. The largest absolute Gasteiger partial charge is 0.325 e. The zero-order chi connectivity index (χ0) is 19.3. The number of carbonyl (C=O) groups is 1. The summed E-state index contributed by atoms with van der Waals surface area (Å²) < 4.78 is 25.3. The normalized spacial score (nSPS) is 15.4. The number of thioether (sulfide) groups is 1. The van der Waals surface area contributed by atoms with Crippen molar-refractivity contribution in [2.75, 3.05) is 11.1 Å². The fourth-order valence-electron chi connectivity index (χ4n) is 3.12. The number of para-hydroxylation sites is 1. The van der Waals surface area contributed by atoms with E-state index in [0.29, 0.717) is 17.9 Å². The Bertz CT molecular complexity index is 893. The lowest BCUT2D eigenvalue weighted by Crippen LogP contribution is -2.25. The van der Waals surface area contributed by atoms with Gasteiger partial charge in [-0.15, -0.1) is 10.2 Å². The Morgan fingerprint density at radius 1 is 1.11 bits per heavy atom. The number of rotatable bonds is 6. The summed E-state index contributed by atoms with van der Waals surface area (Å²) in [6, 6.07) is 10.7. The van der Waals surface area contributed by atoms with E-state index >= 15 is 0 Å². The Balaban J connectivity index is 1.57. The van der Waals surface area contributed by atoms with Crippen LogP contribution in [0.25, 0.3) is 0 Å². The molecule has 3 rings (SSSR count). The molecule has 0 aliphatic heterocycles. The van der Waals surface area contributed by atoms with Crippen molar-refractivity contribution in [1.82, 2.24) is 10.2 Å². The molecule has 8 heteroatoms. The van der Waals surface area contributed by atoms with Crippen LogP contribution in [0.15, 0.2) is 46.5 Å². The van der Waals surface area contributed by atoms with Gasteiger partial charge in [-0.05, 0) is 43.5 Å². The smallest absolute Gasteiger partial charge is 0.234 e. The molecule has 144 valence electrons. The fraction of sp³-hybridized carbons (Fsp3) is 0.421. The number of aryl methyl sites for hydroxylation is 1. The van der Waals surface area contributed by atoms with Crippen LogP contribution in [0.2, 0.25) is 0 Å². The summed E-state index contributed by atoms with van der Waals surface area (Å²) in [4.78, 5) is 12.1. The summed E-state index contributed by atoms with van der Waals surface area (Å²) in [6.45, 7) is 1.93. The third-order valence-corrected chi connectivity index (χ3v) is 7.74. The summed E-state index contributed by atoms with van der Waals surface area (Å²) in [5.41, 5.74) is 1.77. The minimum atomic E-state index is -3.42. The van der Waals surface area contributed by atoms with Crippen molar-refractivity contribution in [3.8, 4) is 0 Å². The van der Waals surface area contributed by atoms with Crippen LogP contribution < -0.4 is 5.32 Å². The van der Waals surface area contributed by atoms with Crippen LogP contribution in [0.4, 0.5) is 5.69 Å². The maximum Gasteiger partial charge on any atom is 0.234 e. The average Bonchev–Trinajstić information content (AvgIpc) is 2.69. The fourth-order valence-corrected chi connectivity index (χ4v) is 5.44. The van der Waals surface area contributed by atoms with Crippen molar-refractivity contribution in [3.05, 3.63) is 42.0 Å². The molecule has 1 aliphatic rings. The molecule has 0 spiro atoms. The van der Waals surface area contributed by atoms with Crippen LogP contribution in [0.5, 0.6) is 0 Å². The van der Waals surface area contributed by atoms with E-state index in [9.17, 15) is 13.2 Å². The Hall–Kier alpha value is -1.93. The molecule has 2 aromatic rings. The quantitative estimate of drug-likeness (QED) is 0.739. The van der Waals surface area contributed by atoms with Crippen molar-refractivity contribution < 1.29 is 13.2 Å². The first kappa shape index (κ1) is 19.8. The van der Waals surface area contributed by atoms with E-state index in [-0.39, 0.29) is 21.9 Å². The summed E-state index contributed by atoms with van der Waals surface area (Å²) >= 11 is 1.23. The van der Waals surface area contributed by atoms with Crippen LogP contribution in [0.3, 0.4) is 0 Å². The summed E-state index contributed by atoms with van der Waals surface area (Å²) in [5.74, 6) is 0.0348. The van der Waals surface area contributed by atoms with Gasteiger partial charge in [-0.3, -0.25) is 4.79 Å². The standard InChI is InChI=1S/C19H23N3O3S2/c1-14-7-5-6-10-16(14)20-17(23)13-26-18-11-12-19(22-21-18)27(24,25)15-8-3-2-4-9-15/h5-7,10-12,15H,2-4,8-9,13H2,1H3,(H,20,23).